The van der Waals surface area contributed by atoms with Crippen LogP contribution in [0.2, 0.25) is 0 Å². The number of aliphatic hydroxyl groups is 1. The van der Waals surface area contributed by atoms with E-state index in [2.05, 4.69) is 17.5 Å². The Hall–Kier alpha value is -1.31. The number of nitrogens with one attached hydrogen (secondary N) is 1. The maximum Gasteiger partial charge on any atom is 0.148 e. The Morgan fingerprint density at radius 1 is 1.65 bits per heavy atom. The first-order chi connectivity index (χ1) is 8.06. The van der Waals surface area contributed by atoms with Crippen LogP contribution in [0.5, 0.6) is 0 Å². The molecule has 17 heavy (non-hydrogen) atoms. The van der Waals surface area contributed by atoms with Gasteiger partial charge in [-0.1, -0.05) is 13.3 Å². The number of ether oxygens (including phenoxy) is 1. The minimum Gasteiger partial charge on any atom is -0.391 e. The number of nitrogens with zero attached hydrogens (tertiary/aromatic N) is 2. The van der Waals surface area contributed by atoms with Gasteiger partial charge in [-0.3, -0.25) is 5.43 Å². The van der Waals surface area contributed by atoms with Gasteiger partial charge in [0.1, 0.15) is 5.84 Å². The van der Waals surface area contributed by atoms with Crippen molar-refractivity contribution < 1.29 is 9.84 Å². The summed E-state index contributed by atoms with van der Waals surface area (Å²) in [6.07, 6.45) is 5.14. The van der Waals surface area contributed by atoms with E-state index in [-0.39, 0.29) is 6.10 Å². The highest BCUT2D eigenvalue weighted by molar-refractivity contribution is 5.91. The molecule has 0 spiro atoms. The zero-order valence-corrected chi connectivity index (χ0v) is 10.5. The molecule has 1 aliphatic rings. The number of hydrazone groups is 1. The van der Waals surface area contributed by atoms with E-state index >= 15 is 0 Å². The van der Waals surface area contributed by atoms with Crippen LogP contribution >= 0.6 is 0 Å². The summed E-state index contributed by atoms with van der Waals surface area (Å²) in [5.41, 5.74) is 7.80. The smallest absolute Gasteiger partial charge is 0.148 e. The summed E-state index contributed by atoms with van der Waals surface area (Å²) in [5.74, 6) is 5.52. The minimum atomic E-state index is -0.318. The molecule has 0 aliphatic carbocycles. The van der Waals surface area contributed by atoms with E-state index in [4.69, 9.17) is 21.4 Å². The van der Waals surface area contributed by atoms with Crippen molar-refractivity contribution in [1.29, 1.82) is 0 Å². The van der Waals surface area contributed by atoms with E-state index in [1.807, 2.05) is 0 Å². The van der Waals surface area contributed by atoms with Gasteiger partial charge < -0.3 is 15.6 Å². The summed E-state index contributed by atoms with van der Waals surface area (Å²) in [5, 5.41) is 13.4. The minimum absolute atomic E-state index is 0.318. The van der Waals surface area contributed by atoms with Gasteiger partial charge in [0.05, 0.1) is 12.7 Å². The highest BCUT2D eigenvalue weighted by Crippen LogP contribution is 1.89. The first-order valence-corrected chi connectivity index (χ1v) is 5.63. The van der Waals surface area contributed by atoms with Crippen molar-refractivity contribution in [3.63, 3.8) is 0 Å². The van der Waals surface area contributed by atoms with Crippen LogP contribution in [0.15, 0.2) is 17.4 Å². The number of hydrogen-bond acceptors (Lipinski definition) is 7. The lowest BCUT2D eigenvalue weighted by Crippen LogP contribution is -2.40. The fourth-order valence-electron chi connectivity index (χ4n) is 0.886. The lowest BCUT2D eigenvalue weighted by atomic mass is 10.4. The number of rotatable bonds is 5. The monoisotopic (exact) mass is 245 g/mol. The second-order valence-corrected chi connectivity index (χ2v) is 3.61. The molecule has 0 saturated heterocycles. The summed E-state index contributed by atoms with van der Waals surface area (Å²) in [6.45, 7) is 5.10. The van der Waals surface area contributed by atoms with Gasteiger partial charge in [-0.15, -0.1) is 10.3 Å². The van der Waals surface area contributed by atoms with Gasteiger partial charge in [0.15, 0.2) is 0 Å². The Morgan fingerprint density at radius 3 is 2.76 bits per heavy atom. The maximum absolute atomic E-state index is 8.73. The van der Waals surface area contributed by atoms with E-state index in [0.29, 0.717) is 12.4 Å². The van der Waals surface area contributed by atoms with Gasteiger partial charge in [0, 0.05) is 12.8 Å². The first-order valence-electron chi connectivity index (χ1n) is 5.63. The molecule has 0 bridgehead atoms. The third kappa shape index (κ3) is 11.0. The van der Waals surface area contributed by atoms with Gasteiger partial charge in [0.25, 0.3) is 0 Å². The number of unbranched alkanes of at least 4 members (excludes halogenated alkanes) is 1. The van der Waals surface area contributed by atoms with Crippen LogP contribution in [-0.4, -0.2) is 35.5 Å². The van der Waals surface area contributed by atoms with E-state index in [1.165, 1.54) is 0 Å². The van der Waals surface area contributed by atoms with Crippen LogP contribution in [0.25, 0.3) is 0 Å². The molecule has 100 valence electrons. The molecule has 0 radical (unpaired) electrons. The van der Waals surface area contributed by atoms with Gasteiger partial charge in [-0.05, 0) is 19.4 Å². The van der Waals surface area contributed by atoms with Crippen molar-refractivity contribution in [2.24, 2.45) is 16.7 Å². The normalized spacial score (nSPS) is 15.5. The Kier molecular flexibility index (Phi) is 9.12. The lowest BCUT2D eigenvalue weighted by Gasteiger charge is -2.14. The molecule has 0 amide bonds. The van der Waals surface area contributed by atoms with E-state index < -0.39 is 0 Å². The van der Waals surface area contributed by atoms with Crippen LogP contribution in [0.4, 0.5) is 0 Å². The lowest BCUT2D eigenvalue weighted by molar-refractivity contribution is 0.0450. The van der Waals surface area contributed by atoms with Crippen LogP contribution < -0.4 is 17.0 Å². The van der Waals surface area contributed by atoms with Crippen LogP contribution in [0, 0.1) is 0 Å². The van der Waals surface area contributed by atoms with Crippen LogP contribution in [0.1, 0.15) is 26.7 Å². The second kappa shape index (κ2) is 9.88. The van der Waals surface area contributed by atoms with Crippen LogP contribution in [0.3, 0.4) is 0 Å². The molecule has 0 fully saturated rings. The second-order valence-electron chi connectivity index (χ2n) is 3.61. The van der Waals surface area contributed by atoms with Gasteiger partial charge in [-0.25, -0.2) is 5.84 Å². The van der Waals surface area contributed by atoms with Gasteiger partial charge in [0.2, 0.25) is 0 Å². The molecule has 1 unspecified atom stereocenters. The largest absolute Gasteiger partial charge is 0.391 e. The summed E-state index contributed by atoms with van der Waals surface area (Å²) < 4.78 is 5.09. The third-order valence-corrected chi connectivity index (χ3v) is 1.69. The first kappa shape index (κ1) is 15.7. The standard InChI is InChI=1S/C7H16O2.C3H7N5/c1-3-4-5-9-6-7(2)8;4-3-1-2-6-8(5)7-3/h7-8H,3-6H2,1-2H3;1-2,6H,5H2,(H2,4,7). The predicted octanol–water partition coefficient (Wildman–Crippen LogP) is -0.350. The van der Waals surface area contributed by atoms with Crippen molar-refractivity contribution in [3.05, 3.63) is 12.3 Å². The van der Waals surface area contributed by atoms with Crippen molar-refractivity contribution in [2.75, 3.05) is 13.2 Å². The number of nitrogens with two attached hydrogens (primary N) is 2. The SMILES string of the molecule is CCCCOCC(C)O.NC1=NN(N)NC=C1. The molecule has 0 aromatic carbocycles. The Bertz CT molecular complexity index is 243. The van der Waals surface area contributed by atoms with Crippen molar-refractivity contribution in [2.45, 2.75) is 32.8 Å². The highest BCUT2D eigenvalue weighted by atomic mass is 16.5. The molecule has 6 N–H and O–H groups in total. The highest BCUT2D eigenvalue weighted by Gasteiger charge is 1.94. The topological polar surface area (TPSA) is 109 Å². The molecule has 7 heteroatoms. The van der Waals surface area contributed by atoms with Crippen molar-refractivity contribution >= 4 is 5.84 Å². The summed E-state index contributed by atoms with van der Waals surface area (Å²) in [7, 11) is 0. The molecule has 0 aromatic rings. The molecule has 0 saturated carbocycles. The Balaban J connectivity index is 0.000000302. The zero-order chi connectivity index (χ0) is 13.1. The molecule has 1 aliphatic heterocycles. The molecular formula is C10H23N5O2. The van der Waals surface area contributed by atoms with Crippen LogP contribution in [-0.2, 0) is 4.74 Å². The van der Waals surface area contributed by atoms with E-state index in [1.54, 1.807) is 19.2 Å². The summed E-state index contributed by atoms with van der Waals surface area (Å²) >= 11 is 0. The molecule has 1 heterocycles. The average molecular weight is 245 g/mol. The predicted molar refractivity (Wildman–Crippen MR) is 67.3 cm³/mol. The molecule has 1 rings (SSSR count). The van der Waals surface area contributed by atoms with Gasteiger partial charge >= 0.3 is 0 Å². The maximum atomic E-state index is 8.73. The molecular weight excluding hydrogens is 222 g/mol. The van der Waals surface area contributed by atoms with Gasteiger partial charge in [-0.2, -0.15) is 0 Å². The average Bonchev–Trinajstić information content (AvgIpc) is 2.25. The summed E-state index contributed by atoms with van der Waals surface area (Å²) in [4.78, 5) is 0. The van der Waals surface area contributed by atoms with E-state index in [0.717, 1.165) is 24.7 Å². The Morgan fingerprint density at radius 2 is 2.35 bits per heavy atom. The summed E-state index contributed by atoms with van der Waals surface area (Å²) in [6, 6.07) is 0. The van der Waals surface area contributed by atoms with Crippen molar-refractivity contribution in [1.82, 2.24) is 10.7 Å². The Labute approximate surface area is 102 Å². The molecule has 7 nitrogen and oxygen atoms in total. The third-order valence-electron chi connectivity index (χ3n) is 1.69. The number of hydrazine groups is 2. The fourth-order valence-corrected chi connectivity index (χ4v) is 0.886. The zero-order valence-electron chi connectivity index (χ0n) is 10.5. The van der Waals surface area contributed by atoms with Crippen molar-refractivity contribution in [3.8, 4) is 0 Å². The fraction of sp³-hybridized carbons (Fsp3) is 0.700. The quantitative estimate of drug-likeness (QED) is 0.389. The van der Waals surface area contributed by atoms with E-state index in [9.17, 15) is 0 Å². The number of hydrogen-bond donors (Lipinski definition) is 4. The molecule has 0 aromatic heterocycles. The molecule has 1 atom stereocenters. The number of aliphatic hydroxyl groups excluding tert-OH is 1. The number of amidine groups is 1.